The molecule has 280 valence electrons. The molecule has 11 rings (SSSR count). The van der Waals surface area contributed by atoms with Gasteiger partial charge in [-0.3, -0.25) is 0 Å². The summed E-state index contributed by atoms with van der Waals surface area (Å²) in [6, 6.07) is 79.6. The molecule has 0 atom stereocenters. The first kappa shape index (κ1) is 34.8. The summed E-state index contributed by atoms with van der Waals surface area (Å²) in [4.78, 5) is 2.35. The van der Waals surface area contributed by atoms with Crippen LogP contribution in [-0.2, 0) is 5.41 Å². The van der Waals surface area contributed by atoms with Crippen LogP contribution in [0.1, 0.15) is 25.0 Å². The summed E-state index contributed by atoms with van der Waals surface area (Å²) in [5, 5.41) is 2.53. The molecule has 0 saturated heterocycles. The van der Waals surface area contributed by atoms with Crippen molar-refractivity contribution in [3.05, 3.63) is 230 Å². The molecule has 0 saturated carbocycles. The van der Waals surface area contributed by atoms with Gasteiger partial charge < -0.3 is 9.47 Å². The molecule has 0 bridgehead atoms. The third-order valence-electron chi connectivity index (χ3n) is 12.4. The topological polar surface area (TPSA) is 8.17 Å². The number of hydrogen-bond acceptors (Lipinski definition) is 1. The van der Waals surface area contributed by atoms with E-state index in [0.29, 0.717) is 0 Å². The zero-order valence-corrected chi connectivity index (χ0v) is 33.2. The first-order chi connectivity index (χ1) is 29.0. The Bertz CT molecular complexity index is 3120. The summed E-state index contributed by atoms with van der Waals surface area (Å²) in [7, 11) is 0. The molecule has 0 amide bonds. The van der Waals surface area contributed by atoms with Crippen molar-refractivity contribution in [1.82, 2.24) is 4.57 Å². The number of benzene rings is 9. The van der Waals surface area contributed by atoms with Gasteiger partial charge in [0.1, 0.15) is 0 Å². The van der Waals surface area contributed by atoms with E-state index in [1.807, 2.05) is 0 Å². The molecule has 0 radical (unpaired) electrons. The molecule has 0 aliphatic heterocycles. The molecule has 1 heterocycles. The maximum absolute atomic E-state index is 2.42. The average Bonchev–Trinajstić information content (AvgIpc) is 3.76. The summed E-state index contributed by atoms with van der Waals surface area (Å²) >= 11 is 0. The Hall–Kier alpha value is -7.42. The van der Waals surface area contributed by atoms with E-state index >= 15 is 0 Å². The van der Waals surface area contributed by atoms with Crippen molar-refractivity contribution in [2.45, 2.75) is 19.3 Å². The molecule has 2 nitrogen and oxygen atoms in total. The van der Waals surface area contributed by atoms with Gasteiger partial charge in [0, 0.05) is 38.8 Å². The number of para-hydroxylation sites is 4. The predicted molar refractivity (Wildman–Crippen MR) is 249 cm³/mol. The van der Waals surface area contributed by atoms with E-state index in [1.165, 1.54) is 83.1 Å². The van der Waals surface area contributed by atoms with Gasteiger partial charge in [-0.15, -0.1) is 0 Å². The van der Waals surface area contributed by atoms with Crippen molar-refractivity contribution in [3.63, 3.8) is 0 Å². The van der Waals surface area contributed by atoms with E-state index in [-0.39, 0.29) is 5.41 Å². The molecular weight excluding hydrogens is 713 g/mol. The summed E-state index contributed by atoms with van der Waals surface area (Å²) in [5.74, 6) is 0. The van der Waals surface area contributed by atoms with Gasteiger partial charge in [0.25, 0.3) is 0 Å². The maximum atomic E-state index is 2.42. The first-order valence-electron chi connectivity index (χ1n) is 20.5. The van der Waals surface area contributed by atoms with E-state index in [0.717, 1.165) is 17.1 Å². The Kier molecular flexibility index (Phi) is 8.20. The Balaban J connectivity index is 0.939. The van der Waals surface area contributed by atoms with Crippen LogP contribution < -0.4 is 4.90 Å². The highest BCUT2D eigenvalue weighted by molar-refractivity contribution is 6.09. The highest BCUT2D eigenvalue weighted by atomic mass is 15.1. The normalized spacial score (nSPS) is 12.7. The van der Waals surface area contributed by atoms with Gasteiger partial charge >= 0.3 is 0 Å². The van der Waals surface area contributed by atoms with Crippen molar-refractivity contribution in [2.24, 2.45) is 0 Å². The molecule has 10 aromatic rings. The Morgan fingerprint density at radius 1 is 0.356 bits per heavy atom. The molecular formula is C57H42N2. The lowest BCUT2D eigenvalue weighted by molar-refractivity contribution is 0.662. The zero-order chi connectivity index (χ0) is 39.5. The molecule has 1 aromatic heterocycles. The van der Waals surface area contributed by atoms with E-state index < -0.39 is 0 Å². The van der Waals surface area contributed by atoms with Gasteiger partial charge in [0.05, 0.1) is 16.7 Å². The molecule has 0 fully saturated rings. The Labute approximate surface area is 345 Å². The van der Waals surface area contributed by atoms with Crippen molar-refractivity contribution in [1.29, 1.82) is 0 Å². The fourth-order valence-electron chi connectivity index (χ4n) is 9.67. The molecule has 9 aromatic carbocycles. The van der Waals surface area contributed by atoms with Crippen LogP contribution in [0.15, 0.2) is 218 Å². The Morgan fingerprint density at radius 3 is 1.58 bits per heavy atom. The van der Waals surface area contributed by atoms with Crippen LogP contribution in [0.3, 0.4) is 0 Å². The lowest BCUT2D eigenvalue weighted by Gasteiger charge is -2.27. The number of nitrogens with zero attached hydrogens (tertiary/aromatic N) is 2. The highest BCUT2D eigenvalue weighted by Gasteiger charge is 2.37. The fraction of sp³-hybridized carbons (Fsp3) is 0.0526. The van der Waals surface area contributed by atoms with Gasteiger partial charge in [0.15, 0.2) is 0 Å². The number of aromatic nitrogens is 1. The first-order valence-corrected chi connectivity index (χ1v) is 20.5. The summed E-state index contributed by atoms with van der Waals surface area (Å²) in [6.07, 6.45) is 0. The van der Waals surface area contributed by atoms with Crippen LogP contribution in [0.5, 0.6) is 0 Å². The third-order valence-corrected chi connectivity index (χ3v) is 12.4. The fourth-order valence-corrected chi connectivity index (χ4v) is 9.67. The van der Waals surface area contributed by atoms with Crippen LogP contribution in [-0.4, -0.2) is 4.57 Å². The van der Waals surface area contributed by atoms with E-state index in [4.69, 9.17) is 0 Å². The molecule has 59 heavy (non-hydrogen) atoms. The lowest BCUT2D eigenvalue weighted by atomic mass is 9.79. The van der Waals surface area contributed by atoms with Crippen molar-refractivity contribution >= 4 is 38.9 Å². The van der Waals surface area contributed by atoms with Gasteiger partial charge in [-0.2, -0.15) is 0 Å². The predicted octanol–water partition coefficient (Wildman–Crippen LogP) is 15.6. The maximum Gasteiger partial charge on any atom is 0.0541 e. The van der Waals surface area contributed by atoms with E-state index in [9.17, 15) is 0 Å². The quantitative estimate of drug-likeness (QED) is 0.157. The molecule has 0 N–H and O–H groups in total. The number of hydrogen-bond donors (Lipinski definition) is 0. The van der Waals surface area contributed by atoms with Crippen LogP contribution in [0.25, 0.3) is 72.0 Å². The van der Waals surface area contributed by atoms with E-state index in [2.05, 4.69) is 242 Å². The lowest BCUT2D eigenvalue weighted by Crippen LogP contribution is -2.16. The minimum atomic E-state index is -0.0751. The van der Waals surface area contributed by atoms with Crippen LogP contribution in [0.4, 0.5) is 17.1 Å². The minimum absolute atomic E-state index is 0.0751. The second kappa shape index (κ2) is 13.9. The van der Waals surface area contributed by atoms with Crippen LogP contribution in [0.2, 0.25) is 0 Å². The number of anilines is 3. The second-order valence-corrected chi connectivity index (χ2v) is 16.1. The minimum Gasteiger partial charge on any atom is -0.311 e. The largest absolute Gasteiger partial charge is 0.311 e. The standard InChI is InChI=1S/C57H42N2/c1-57(2)52-26-10-6-21-48(52)51-25-15-24-47(56(51)57)40-32-36-45(37-33-40)58(43-18-4-3-5-19-43)44-34-30-39(31-35-44)41-16-14-17-42(38-41)46-20-7-11-27-53(46)59-54-28-12-8-22-49(54)50-23-9-13-29-55(50)59/h3-38H,1-2H3. The van der Waals surface area contributed by atoms with Gasteiger partial charge in [-0.05, 0) is 111 Å². The van der Waals surface area contributed by atoms with Crippen LogP contribution in [0, 0.1) is 0 Å². The van der Waals surface area contributed by atoms with Crippen molar-refractivity contribution < 1.29 is 0 Å². The highest BCUT2D eigenvalue weighted by Crippen LogP contribution is 2.52. The monoisotopic (exact) mass is 754 g/mol. The zero-order valence-electron chi connectivity index (χ0n) is 33.2. The Morgan fingerprint density at radius 2 is 0.864 bits per heavy atom. The van der Waals surface area contributed by atoms with Crippen molar-refractivity contribution in [3.8, 4) is 50.2 Å². The van der Waals surface area contributed by atoms with Gasteiger partial charge in [-0.25, -0.2) is 0 Å². The number of rotatable bonds is 7. The van der Waals surface area contributed by atoms with Crippen LogP contribution >= 0.6 is 0 Å². The molecule has 0 spiro atoms. The second-order valence-electron chi connectivity index (χ2n) is 16.1. The molecule has 1 aliphatic rings. The number of fused-ring (bicyclic) bond motifs is 6. The van der Waals surface area contributed by atoms with Crippen molar-refractivity contribution in [2.75, 3.05) is 4.90 Å². The SMILES string of the molecule is CC1(C)c2ccccc2-c2cccc(-c3ccc(N(c4ccccc4)c4ccc(-c5cccc(-c6ccccc6-n6c7ccccc7c7ccccc76)c5)cc4)cc3)c21. The third kappa shape index (κ3) is 5.71. The smallest absolute Gasteiger partial charge is 0.0541 e. The summed E-state index contributed by atoms with van der Waals surface area (Å²) < 4.78 is 2.42. The summed E-state index contributed by atoms with van der Waals surface area (Å²) in [6.45, 7) is 4.72. The van der Waals surface area contributed by atoms with E-state index in [1.54, 1.807) is 0 Å². The molecule has 2 heteroatoms. The average molecular weight is 755 g/mol. The molecule has 0 unspecified atom stereocenters. The molecule has 1 aliphatic carbocycles. The van der Waals surface area contributed by atoms with Gasteiger partial charge in [-0.1, -0.05) is 172 Å². The summed E-state index contributed by atoms with van der Waals surface area (Å²) in [5.41, 5.74) is 19.6. The van der Waals surface area contributed by atoms with Gasteiger partial charge in [0.2, 0.25) is 0 Å².